The molecule has 1 aliphatic heterocycles. The maximum absolute atomic E-state index is 13.1. The number of fused-ring (bicyclic) bond motifs is 1. The first kappa shape index (κ1) is 21.6. The van der Waals surface area contributed by atoms with E-state index in [4.69, 9.17) is 15.1 Å². The first-order chi connectivity index (χ1) is 16.6. The minimum atomic E-state index is 0.244. The molecule has 3 aromatic rings. The minimum Gasteiger partial charge on any atom is -0.354 e. The Bertz CT molecular complexity index is 1210. The van der Waals surface area contributed by atoms with E-state index in [1.807, 2.05) is 4.68 Å². The summed E-state index contributed by atoms with van der Waals surface area (Å²) in [6.45, 7) is 7.48. The van der Waals surface area contributed by atoms with Crippen LogP contribution in [0.1, 0.15) is 67.9 Å². The van der Waals surface area contributed by atoms with E-state index in [1.54, 1.807) is 0 Å². The lowest BCUT2D eigenvalue weighted by molar-refractivity contribution is -0.135. The topological polar surface area (TPSA) is 67.2 Å². The average molecular weight is 459 g/mol. The van der Waals surface area contributed by atoms with Gasteiger partial charge in [-0.05, 0) is 58.1 Å². The Balaban J connectivity index is 1.36. The third-order valence-electron chi connectivity index (χ3n) is 7.73. The van der Waals surface area contributed by atoms with Gasteiger partial charge in [0.1, 0.15) is 11.6 Å². The van der Waals surface area contributed by atoms with Crippen LogP contribution in [-0.4, -0.2) is 56.7 Å². The van der Waals surface area contributed by atoms with Crippen LogP contribution in [-0.2, 0) is 4.79 Å². The molecule has 2 aliphatic carbocycles. The van der Waals surface area contributed by atoms with Crippen LogP contribution < -0.4 is 4.90 Å². The highest BCUT2D eigenvalue weighted by Crippen LogP contribution is 2.41. The molecule has 7 nitrogen and oxygen atoms in total. The molecule has 1 amide bonds. The van der Waals surface area contributed by atoms with Crippen molar-refractivity contribution in [3.05, 3.63) is 41.3 Å². The number of aromatic nitrogens is 4. The number of nitrogens with zero attached hydrogens (tertiary/aromatic N) is 6. The molecule has 2 saturated carbocycles. The van der Waals surface area contributed by atoms with E-state index in [0.29, 0.717) is 11.8 Å². The van der Waals surface area contributed by atoms with Crippen molar-refractivity contribution in [3.63, 3.8) is 0 Å². The van der Waals surface area contributed by atoms with Crippen LogP contribution in [0.2, 0.25) is 0 Å². The van der Waals surface area contributed by atoms with Gasteiger partial charge >= 0.3 is 0 Å². The predicted octanol–water partition coefficient (Wildman–Crippen LogP) is 4.54. The van der Waals surface area contributed by atoms with Crippen LogP contribution in [0.3, 0.4) is 0 Å². The number of carbonyl (C=O) groups excluding carboxylic acids is 1. The van der Waals surface area contributed by atoms with Gasteiger partial charge in [0.25, 0.3) is 0 Å². The van der Waals surface area contributed by atoms with E-state index in [0.717, 1.165) is 92.3 Å². The van der Waals surface area contributed by atoms with Gasteiger partial charge in [0.2, 0.25) is 5.91 Å². The third-order valence-corrected chi connectivity index (χ3v) is 7.73. The number of hydrogen-bond donors (Lipinski definition) is 0. The fraction of sp³-hybridized carbons (Fsp3) is 0.556. The number of hydrogen-bond acceptors (Lipinski definition) is 5. The second-order valence-electron chi connectivity index (χ2n) is 10.4. The number of anilines is 1. The molecule has 0 radical (unpaired) electrons. The maximum atomic E-state index is 13.1. The second-order valence-corrected chi connectivity index (χ2v) is 10.4. The Morgan fingerprint density at radius 3 is 2.38 bits per heavy atom. The molecule has 0 N–H and O–H groups in total. The Morgan fingerprint density at radius 1 is 0.882 bits per heavy atom. The Kier molecular flexibility index (Phi) is 5.50. The van der Waals surface area contributed by atoms with Gasteiger partial charge in [0.05, 0.1) is 16.8 Å². The summed E-state index contributed by atoms with van der Waals surface area (Å²) in [5.74, 6) is 3.01. The van der Waals surface area contributed by atoms with Gasteiger partial charge in [-0.3, -0.25) is 4.79 Å². The fourth-order valence-corrected chi connectivity index (χ4v) is 5.58. The standard InChI is InChI=1S/C27H34N6O/c1-18-8-12-22(13-9-18)33-26-23(19(2)30-33)25(28-24(29-26)20-10-11-20)31-14-5-15-32(17-16-31)27(34)21-6-3-4-7-21/h8-9,12-13,20-21H,3-7,10-11,14-17H2,1-2H3. The summed E-state index contributed by atoms with van der Waals surface area (Å²) in [7, 11) is 0. The number of amides is 1. The van der Waals surface area contributed by atoms with Crippen molar-refractivity contribution >= 4 is 22.8 Å². The first-order valence-corrected chi connectivity index (χ1v) is 13.0. The quantitative estimate of drug-likeness (QED) is 0.574. The van der Waals surface area contributed by atoms with Crippen molar-refractivity contribution in [1.29, 1.82) is 0 Å². The molecule has 1 saturated heterocycles. The van der Waals surface area contributed by atoms with Crippen LogP contribution in [0.15, 0.2) is 24.3 Å². The van der Waals surface area contributed by atoms with E-state index in [9.17, 15) is 4.79 Å². The summed E-state index contributed by atoms with van der Waals surface area (Å²) in [6.07, 6.45) is 7.81. The van der Waals surface area contributed by atoms with E-state index in [2.05, 4.69) is 47.9 Å². The van der Waals surface area contributed by atoms with Crippen molar-refractivity contribution in [2.75, 3.05) is 31.1 Å². The molecule has 0 spiro atoms. The molecule has 3 fully saturated rings. The number of benzene rings is 1. The summed E-state index contributed by atoms with van der Waals surface area (Å²) < 4.78 is 1.98. The summed E-state index contributed by atoms with van der Waals surface area (Å²) in [4.78, 5) is 27.7. The molecular formula is C27H34N6O. The van der Waals surface area contributed by atoms with Gasteiger partial charge in [-0.15, -0.1) is 0 Å². The molecule has 0 bridgehead atoms. The average Bonchev–Trinajstić information content (AvgIpc) is 3.53. The van der Waals surface area contributed by atoms with Crippen molar-refractivity contribution in [2.24, 2.45) is 5.92 Å². The van der Waals surface area contributed by atoms with Gasteiger partial charge in [0.15, 0.2) is 5.65 Å². The van der Waals surface area contributed by atoms with Crippen LogP contribution in [0.25, 0.3) is 16.7 Å². The molecule has 7 heteroatoms. The monoisotopic (exact) mass is 458 g/mol. The highest BCUT2D eigenvalue weighted by atomic mass is 16.2. The van der Waals surface area contributed by atoms with Crippen LogP contribution in [0, 0.1) is 19.8 Å². The molecule has 2 aromatic heterocycles. The van der Waals surface area contributed by atoms with Gasteiger partial charge < -0.3 is 9.80 Å². The number of rotatable bonds is 4. The molecule has 0 unspecified atom stereocenters. The van der Waals surface area contributed by atoms with Gasteiger partial charge in [-0.2, -0.15) is 5.10 Å². The zero-order valence-corrected chi connectivity index (χ0v) is 20.3. The maximum Gasteiger partial charge on any atom is 0.225 e. The molecule has 3 aliphatic rings. The molecule has 3 heterocycles. The highest BCUT2D eigenvalue weighted by Gasteiger charge is 2.32. The SMILES string of the molecule is Cc1ccc(-n2nc(C)c3c(N4CCCN(C(=O)C5CCCC5)CC4)nc(C4CC4)nc32)cc1. The zero-order chi connectivity index (χ0) is 23.2. The highest BCUT2D eigenvalue weighted by molar-refractivity contribution is 5.91. The van der Waals surface area contributed by atoms with Crippen molar-refractivity contribution in [3.8, 4) is 5.69 Å². The van der Waals surface area contributed by atoms with Crippen molar-refractivity contribution in [2.45, 2.75) is 64.7 Å². The van der Waals surface area contributed by atoms with Crippen LogP contribution >= 0.6 is 0 Å². The Labute approximate surface area is 201 Å². The summed E-state index contributed by atoms with van der Waals surface area (Å²) in [5.41, 5.74) is 4.11. The third kappa shape index (κ3) is 3.95. The molecule has 178 valence electrons. The van der Waals surface area contributed by atoms with Crippen LogP contribution in [0.4, 0.5) is 5.82 Å². The lowest BCUT2D eigenvalue weighted by atomic mass is 10.1. The van der Waals surface area contributed by atoms with Crippen molar-refractivity contribution < 1.29 is 4.79 Å². The minimum absolute atomic E-state index is 0.244. The Hall–Kier alpha value is -2.96. The molecular weight excluding hydrogens is 424 g/mol. The number of carbonyl (C=O) groups is 1. The smallest absolute Gasteiger partial charge is 0.225 e. The molecule has 6 rings (SSSR count). The van der Waals surface area contributed by atoms with Crippen LogP contribution in [0.5, 0.6) is 0 Å². The molecule has 34 heavy (non-hydrogen) atoms. The van der Waals surface area contributed by atoms with Gasteiger partial charge in [-0.25, -0.2) is 14.6 Å². The van der Waals surface area contributed by atoms with E-state index >= 15 is 0 Å². The summed E-state index contributed by atoms with van der Waals surface area (Å²) in [5, 5.41) is 5.95. The van der Waals surface area contributed by atoms with E-state index < -0.39 is 0 Å². The van der Waals surface area contributed by atoms with E-state index in [-0.39, 0.29) is 5.92 Å². The fourth-order valence-electron chi connectivity index (χ4n) is 5.58. The summed E-state index contributed by atoms with van der Waals surface area (Å²) in [6, 6.07) is 8.45. The van der Waals surface area contributed by atoms with Crippen molar-refractivity contribution in [1.82, 2.24) is 24.6 Å². The Morgan fingerprint density at radius 2 is 1.65 bits per heavy atom. The molecule has 0 atom stereocenters. The second kappa shape index (κ2) is 8.67. The summed E-state index contributed by atoms with van der Waals surface area (Å²) >= 11 is 0. The lowest BCUT2D eigenvalue weighted by Crippen LogP contribution is -2.38. The molecule has 1 aromatic carbocycles. The largest absolute Gasteiger partial charge is 0.354 e. The normalized spacial score (nSPS) is 19.7. The van der Waals surface area contributed by atoms with E-state index in [1.165, 1.54) is 18.4 Å². The number of aryl methyl sites for hydroxylation is 2. The predicted molar refractivity (Wildman–Crippen MR) is 133 cm³/mol. The zero-order valence-electron chi connectivity index (χ0n) is 20.3. The first-order valence-electron chi connectivity index (χ1n) is 13.0. The van der Waals surface area contributed by atoms with Gasteiger partial charge in [0, 0.05) is 38.0 Å². The van der Waals surface area contributed by atoms with Gasteiger partial charge in [-0.1, -0.05) is 30.5 Å². The lowest BCUT2D eigenvalue weighted by Gasteiger charge is -2.25.